The van der Waals surface area contributed by atoms with Gasteiger partial charge in [-0.15, -0.1) is 8.78 Å². The fraction of sp³-hybridized carbons (Fsp3) is 0.500. The van der Waals surface area contributed by atoms with Crippen molar-refractivity contribution in [3.63, 3.8) is 0 Å². The number of aliphatic hydroxyl groups excluding tert-OH is 1. The molecular weight excluding hydrogens is 528 g/mol. The van der Waals surface area contributed by atoms with E-state index in [-0.39, 0.29) is 36.3 Å². The lowest BCUT2D eigenvalue weighted by atomic mass is 9.91. The molecule has 2 fully saturated rings. The summed E-state index contributed by atoms with van der Waals surface area (Å²) in [5.41, 5.74) is 0.413. The van der Waals surface area contributed by atoms with Gasteiger partial charge in [0.2, 0.25) is 5.91 Å². The highest BCUT2D eigenvalue weighted by molar-refractivity contribution is 5.92. The molecule has 1 saturated heterocycles. The smallest absolute Gasteiger partial charge is 0.497 e. The van der Waals surface area contributed by atoms with Gasteiger partial charge in [0, 0.05) is 50.8 Å². The molecule has 1 saturated carbocycles. The van der Waals surface area contributed by atoms with Crippen LogP contribution in [0.5, 0.6) is 23.0 Å². The Kier molecular flexibility index (Phi) is 6.70. The number of carbonyl (C=O) groups excluding carboxylic acids is 2. The molecule has 4 aliphatic rings. The highest BCUT2D eigenvalue weighted by Crippen LogP contribution is 2.52. The first kappa shape index (κ1) is 26.6. The predicted molar refractivity (Wildman–Crippen MR) is 137 cm³/mol. The van der Waals surface area contributed by atoms with E-state index in [1.54, 1.807) is 23.1 Å². The molecule has 2 aromatic carbocycles. The van der Waals surface area contributed by atoms with Gasteiger partial charge < -0.3 is 34.3 Å². The molecule has 2 atom stereocenters. The first-order chi connectivity index (χ1) is 19.2. The number of aliphatic hydroxyl groups is 1. The van der Waals surface area contributed by atoms with Crippen molar-refractivity contribution in [1.29, 1.82) is 0 Å². The van der Waals surface area contributed by atoms with Gasteiger partial charge >= 0.3 is 6.29 Å². The van der Waals surface area contributed by atoms with E-state index in [4.69, 9.17) is 9.47 Å². The summed E-state index contributed by atoms with van der Waals surface area (Å²) in [5, 5.41) is 12.3. The minimum atomic E-state index is -3.74. The van der Waals surface area contributed by atoms with Crippen LogP contribution in [0.1, 0.15) is 36.4 Å². The monoisotopic (exact) mass is 559 g/mol. The first-order valence-corrected chi connectivity index (χ1v) is 13.4. The van der Waals surface area contributed by atoms with E-state index >= 15 is 0 Å². The van der Waals surface area contributed by atoms with Crippen molar-refractivity contribution in [2.45, 2.75) is 43.1 Å². The van der Waals surface area contributed by atoms with Gasteiger partial charge in [0.1, 0.15) is 11.5 Å². The number of carbonyl (C=O) groups is 2. The van der Waals surface area contributed by atoms with Crippen LogP contribution in [0.3, 0.4) is 0 Å². The molecule has 0 spiro atoms. The highest BCUT2D eigenvalue weighted by atomic mass is 19.3. The molecular formula is C28H31F2N3O7. The SMILES string of the molecule is COc1ccc2c(c1)O[C@@H](C(=O)N1CCN(CCO)CC1)C[C@H]2NC(=O)C1(c2ccc3c(c2)OC(F)(F)O3)CC1. The zero-order chi connectivity index (χ0) is 28.1. The first-order valence-electron chi connectivity index (χ1n) is 13.4. The zero-order valence-electron chi connectivity index (χ0n) is 22.0. The summed E-state index contributed by atoms with van der Waals surface area (Å²) in [5.74, 6) is 0.434. The van der Waals surface area contributed by atoms with Crippen LogP contribution in [-0.4, -0.2) is 85.6 Å². The second kappa shape index (κ2) is 10.1. The Bertz CT molecular complexity index is 1310. The quantitative estimate of drug-likeness (QED) is 0.532. The summed E-state index contributed by atoms with van der Waals surface area (Å²) in [6, 6.07) is 9.23. The highest BCUT2D eigenvalue weighted by Gasteiger charge is 2.53. The van der Waals surface area contributed by atoms with Crippen LogP contribution < -0.4 is 24.3 Å². The maximum absolute atomic E-state index is 13.7. The van der Waals surface area contributed by atoms with Crippen LogP contribution >= 0.6 is 0 Å². The van der Waals surface area contributed by atoms with Gasteiger partial charge in [-0.2, -0.15) is 0 Å². The van der Waals surface area contributed by atoms with Gasteiger partial charge in [-0.25, -0.2) is 0 Å². The van der Waals surface area contributed by atoms with Crippen molar-refractivity contribution in [2.24, 2.45) is 0 Å². The summed E-state index contributed by atoms with van der Waals surface area (Å²) in [6.07, 6.45) is -3.20. The van der Waals surface area contributed by atoms with Crippen LogP contribution in [0, 0.1) is 0 Å². The largest absolute Gasteiger partial charge is 0.586 e. The molecule has 2 N–H and O–H groups in total. The number of fused-ring (bicyclic) bond motifs is 2. The Balaban J connectivity index is 1.21. The van der Waals surface area contributed by atoms with E-state index in [0.717, 1.165) is 5.56 Å². The zero-order valence-corrected chi connectivity index (χ0v) is 22.0. The molecule has 0 radical (unpaired) electrons. The molecule has 3 heterocycles. The van der Waals surface area contributed by atoms with Gasteiger partial charge in [-0.3, -0.25) is 14.5 Å². The number of rotatable bonds is 7. The van der Waals surface area contributed by atoms with Crippen molar-refractivity contribution in [2.75, 3.05) is 46.4 Å². The van der Waals surface area contributed by atoms with Crippen LogP contribution in [0.2, 0.25) is 0 Å². The molecule has 2 amide bonds. The number of benzene rings is 2. The van der Waals surface area contributed by atoms with Crippen LogP contribution in [-0.2, 0) is 15.0 Å². The Morgan fingerprint density at radius 2 is 1.80 bits per heavy atom. The minimum Gasteiger partial charge on any atom is -0.497 e. The molecule has 2 aromatic rings. The molecule has 0 unspecified atom stereocenters. The number of hydrogen-bond acceptors (Lipinski definition) is 8. The third-order valence-electron chi connectivity index (χ3n) is 8.13. The molecule has 3 aliphatic heterocycles. The lowest BCUT2D eigenvalue weighted by Crippen LogP contribution is -2.54. The average Bonchev–Trinajstić information content (AvgIpc) is 3.69. The van der Waals surface area contributed by atoms with Gasteiger partial charge in [0.25, 0.3) is 5.91 Å². The van der Waals surface area contributed by atoms with E-state index in [9.17, 15) is 23.5 Å². The third-order valence-corrected chi connectivity index (χ3v) is 8.13. The van der Waals surface area contributed by atoms with Gasteiger partial charge in [-0.05, 0) is 42.7 Å². The second-order valence-electron chi connectivity index (χ2n) is 10.6. The van der Waals surface area contributed by atoms with E-state index in [1.807, 2.05) is 6.07 Å². The van der Waals surface area contributed by atoms with Gasteiger partial charge in [0.15, 0.2) is 17.6 Å². The number of nitrogens with zero attached hydrogens (tertiary/aromatic N) is 2. The fourth-order valence-electron chi connectivity index (χ4n) is 5.71. The van der Waals surface area contributed by atoms with Crippen molar-refractivity contribution >= 4 is 11.8 Å². The van der Waals surface area contributed by atoms with Crippen molar-refractivity contribution in [3.8, 4) is 23.0 Å². The van der Waals surface area contributed by atoms with E-state index in [2.05, 4.69) is 19.7 Å². The Labute approximate surface area is 229 Å². The molecule has 1 aliphatic carbocycles. The topological polar surface area (TPSA) is 110 Å². The number of nitrogens with one attached hydrogen (secondary N) is 1. The molecule has 10 nitrogen and oxygen atoms in total. The van der Waals surface area contributed by atoms with Gasteiger partial charge in [-0.1, -0.05) is 6.07 Å². The number of methoxy groups -OCH3 is 1. The number of ether oxygens (including phenoxy) is 4. The summed E-state index contributed by atoms with van der Waals surface area (Å²) >= 11 is 0. The van der Waals surface area contributed by atoms with Crippen LogP contribution in [0.25, 0.3) is 0 Å². The van der Waals surface area contributed by atoms with Crippen molar-refractivity contribution in [3.05, 3.63) is 47.5 Å². The maximum Gasteiger partial charge on any atom is 0.586 e. The lowest BCUT2D eigenvalue weighted by molar-refractivity contribution is -0.286. The maximum atomic E-state index is 13.7. The predicted octanol–water partition coefficient (Wildman–Crippen LogP) is 2.19. The third kappa shape index (κ3) is 4.90. The van der Waals surface area contributed by atoms with Crippen LogP contribution in [0.4, 0.5) is 8.78 Å². The Morgan fingerprint density at radius 3 is 2.50 bits per heavy atom. The second-order valence-corrected chi connectivity index (χ2v) is 10.6. The van der Waals surface area contributed by atoms with E-state index < -0.39 is 23.9 Å². The van der Waals surface area contributed by atoms with Gasteiger partial charge in [0.05, 0.1) is 25.2 Å². The van der Waals surface area contributed by atoms with E-state index in [1.165, 1.54) is 19.2 Å². The molecule has 214 valence electrons. The molecule has 0 aromatic heterocycles. The van der Waals surface area contributed by atoms with Crippen molar-refractivity contribution in [1.82, 2.24) is 15.1 Å². The number of halogens is 2. The Morgan fingerprint density at radius 1 is 1.05 bits per heavy atom. The normalized spacial score (nSPS) is 24.1. The number of amides is 2. The summed E-state index contributed by atoms with van der Waals surface area (Å²) in [6.45, 7) is 3.00. The summed E-state index contributed by atoms with van der Waals surface area (Å²) in [7, 11) is 1.54. The minimum absolute atomic E-state index is 0.0694. The fourth-order valence-corrected chi connectivity index (χ4v) is 5.71. The molecule has 0 bridgehead atoms. The molecule has 12 heteroatoms. The number of piperazine rings is 1. The Hall–Kier alpha value is -3.64. The summed E-state index contributed by atoms with van der Waals surface area (Å²) < 4.78 is 47.7. The molecule has 6 rings (SSSR count). The summed E-state index contributed by atoms with van der Waals surface area (Å²) in [4.78, 5) is 31.1. The van der Waals surface area contributed by atoms with E-state index in [0.29, 0.717) is 62.6 Å². The van der Waals surface area contributed by atoms with Crippen molar-refractivity contribution < 1.29 is 42.4 Å². The lowest BCUT2D eigenvalue weighted by Gasteiger charge is -2.38. The number of β-amino-alcohol motifs (C(OH)–C–C–N with tert-alkyl or cyclic N) is 1. The van der Waals surface area contributed by atoms with Crippen LogP contribution in [0.15, 0.2) is 36.4 Å². The molecule has 40 heavy (non-hydrogen) atoms. The average molecular weight is 560 g/mol. The number of alkyl halides is 2. The number of hydrogen-bond donors (Lipinski definition) is 2. The standard InChI is InChI=1S/C28H31F2N3O7/c1-37-18-3-4-19-20(16-24(38-22(19)15-18)25(35)33-10-8-32(9-11-33)12-13-34)31-26(36)27(6-7-27)17-2-5-21-23(14-17)40-28(29,30)39-21/h2-5,14-15,20,24,34H,6-13,16H2,1H3,(H,31,36)/t20-,24-/m1/s1.